The third-order valence-corrected chi connectivity index (χ3v) is 3.51. The van der Waals surface area contributed by atoms with Crippen molar-refractivity contribution in [3.8, 4) is 0 Å². The maximum atomic E-state index is 13.1. The first-order valence-electron chi connectivity index (χ1n) is 6.20. The van der Waals surface area contributed by atoms with Gasteiger partial charge in [0.1, 0.15) is 5.82 Å². The standard InChI is InChI=1S/C16H14ClFO2/c1-10-7-14(18)6-5-11(10)9-15(16(19)20)12-3-2-4-13(17)8-12/h2-8,15H,9H2,1H3,(H,19,20). The van der Waals surface area contributed by atoms with Crippen molar-refractivity contribution in [2.75, 3.05) is 0 Å². The number of carboxylic acid groups (broad SMARTS) is 1. The van der Waals surface area contributed by atoms with Gasteiger partial charge in [-0.15, -0.1) is 0 Å². The first-order valence-corrected chi connectivity index (χ1v) is 6.58. The van der Waals surface area contributed by atoms with E-state index in [-0.39, 0.29) is 5.82 Å². The van der Waals surface area contributed by atoms with E-state index in [0.717, 1.165) is 11.1 Å². The maximum Gasteiger partial charge on any atom is 0.311 e. The summed E-state index contributed by atoms with van der Waals surface area (Å²) in [6.07, 6.45) is 0.307. The molecule has 0 fully saturated rings. The average Bonchev–Trinajstić information content (AvgIpc) is 2.37. The summed E-state index contributed by atoms with van der Waals surface area (Å²) in [5.41, 5.74) is 2.21. The van der Waals surface area contributed by atoms with Crippen molar-refractivity contribution < 1.29 is 14.3 Å². The molecular formula is C16H14ClFO2. The molecule has 0 aromatic heterocycles. The fourth-order valence-electron chi connectivity index (χ4n) is 2.18. The summed E-state index contributed by atoms with van der Waals surface area (Å²) in [5, 5.41) is 9.91. The second kappa shape index (κ2) is 6.06. The Morgan fingerprint density at radius 1 is 1.30 bits per heavy atom. The molecule has 4 heteroatoms. The van der Waals surface area contributed by atoms with E-state index in [9.17, 15) is 14.3 Å². The van der Waals surface area contributed by atoms with Gasteiger partial charge in [-0.05, 0) is 54.3 Å². The molecule has 0 amide bonds. The highest BCUT2D eigenvalue weighted by Crippen LogP contribution is 2.25. The highest BCUT2D eigenvalue weighted by atomic mass is 35.5. The van der Waals surface area contributed by atoms with Crippen molar-refractivity contribution in [3.63, 3.8) is 0 Å². The predicted octanol–water partition coefficient (Wildman–Crippen LogP) is 4.20. The molecule has 0 saturated heterocycles. The summed E-state index contributed by atoms with van der Waals surface area (Å²) in [6.45, 7) is 1.77. The molecule has 0 aliphatic rings. The van der Waals surface area contributed by atoms with Gasteiger partial charge in [-0.2, -0.15) is 0 Å². The number of rotatable bonds is 4. The molecule has 0 aliphatic heterocycles. The Labute approximate surface area is 121 Å². The van der Waals surface area contributed by atoms with Crippen LogP contribution in [0.5, 0.6) is 0 Å². The van der Waals surface area contributed by atoms with E-state index in [2.05, 4.69) is 0 Å². The van der Waals surface area contributed by atoms with Crippen LogP contribution in [0.2, 0.25) is 5.02 Å². The van der Waals surface area contributed by atoms with Gasteiger partial charge in [0, 0.05) is 5.02 Å². The van der Waals surface area contributed by atoms with Gasteiger partial charge in [-0.25, -0.2) is 4.39 Å². The maximum absolute atomic E-state index is 13.1. The molecule has 1 atom stereocenters. The van der Waals surface area contributed by atoms with Crippen molar-refractivity contribution >= 4 is 17.6 Å². The molecular weight excluding hydrogens is 279 g/mol. The first-order chi connectivity index (χ1) is 9.47. The lowest BCUT2D eigenvalue weighted by atomic mass is 9.90. The lowest BCUT2D eigenvalue weighted by molar-refractivity contribution is -0.138. The Hall–Kier alpha value is -1.87. The molecule has 0 radical (unpaired) electrons. The number of aliphatic carboxylic acids is 1. The lowest BCUT2D eigenvalue weighted by Crippen LogP contribution is -2.15. The van der Waals surface area contributed by atoms with Crippen LogP contribution < -0.4 is 0 Å². The van der Waals surface area contributed by atoms with Crippen LogP contribution in [0.3, 0.4) is 0 Å². The summed E-state index contributed by atoms with van der Waals surface area (Å²) >= 11 is 5.91. The van der Waals surface area contributed by atoms with E-state index >= 15 is 0 Å². The number of hydrogen-bond donors (Lipinski definition) is 1. The van der Waals surface area contributed by atoms with Gasteiger partial charge < -0.3 is 5.11 Å². The topological polar surface area (TPSA) is 37.3 Å². The number of carbonyl (C=O) groups is 1. The molecule has 0 spiro atoms. The molecule has 0 bridgehead atoms. The molecule has 2 aromatic carbocycles. The molecule has 1 N–H and O–H groups in total. The summed E-state index contributed by atoms with van der Waals surface area (Å²) < 4.78 is 13.1. The van der Waals surface area contributed by atoms with Crippen molar-refractivity contribution in [1.29, 1.82) is 0 Å². The van der Waals surface area contributed by atoms with Crippen LogP contribution in [0.1, 0.15) is 22.6 Å². The highest BCUT2D eigenvalue weighted by molar-refractivity contribution is 6.30. The first kappa shape index (κ1) is 14.5. The monoisotopic (exact) mass is 292 g/mol. The number of carboxylic acids is 1. The van der Waals surface area contributed by atoms with E-state index in [4.69, 9.17) is 11.6 Å². The third kappa shape index (κ3) is 3.36. The van der Waals surface area contributed by atoms with Gasteiger partial charge in [0.05, 0.1) is 5.92 Å². The van der Waals surface area contributed by atoms with Crippen LogP contribution in [0.4, 0.5) is 4.39 Å². The van der Waals surface area contributed by atoms with E-state index in [1.165, 1.54) is 12.1 Å². The lowest BCUT2D eigenvalue weighted by Gasteiger charge is -2.15. The fourth-order valence-corrected chi connectivity index (χ4v) is 2.38. The number of hydrogen-bond acceptors (Lipinski definition) is 1. The van der Waals surface area contributed by atoms with Crippen LogP contribution in [0, 0.1) is 12.7 Å². The summed E-state index contributed by atoms with van der Waals surface area (Å²) in [4.78, 5) is 11.5. The average molecular weight is 293 g/mol. The Kier molecular flexibility index (Phi) is 4.40. The fraction of sp³-hybridized carbons (Fsp3) is 0.188. The number of benzene rings is 2. The van der Waals surface area contributed by atoms with Crippen molar-refractivity contribution in [2.24, 2.45) is 0 Å². The van der Waals surface area contributed by atoms with Crippen LogP contribution in [-0.2, 0) is 11.2 Å². The van der Waals surface area contributed by atoms with Gasteiger partial charge in [0.15, 0.2) is 0 Å². The molecule has 2 nitrogen and oxygen atoms in total. The molecule has 1 unspecified atom stereocenters. The van der Waals surface area contributed by atoms with Gasteiger partial charge in [0.2, 0.25) is 0 Å². The molecule has 2 rings (SSSR count). The zero-order chi connectivity index (χ0) is 14.7. The quantitative estimate of drug-likeness (QED) is 0.917. The normalized spacial score (nSPS) is 12.2. The zero-order valence-corrected chi connectivity index (χ0v) is 11.7. The summed E-state index contributed by atoms with van der Waals surface area (Å²) in [6, 6.07) is 11.2. The van der Waals surface area contributed by atoms with Crippen LogP contribution >= 0.6 is 11.6 Å². The van der Waals surface area contributed by atoms with Crippen molar-refractivity contribution in [3.05, 3.63) is 70.0 Å². The van der Waals surface area contributed by atoms with E-state index in [1.54, 1.807) is 37.3 Å². The molecule has 0 aliphatic carbocycles. The molecule has 20 heavy (non-hydrogen) atoms. The Morgan fingerprint density at radius 2 is 2.05 bits per heavy atom. The molecule has 0 saturated carbocycles. The Morgan fingerprint density at radius 3 is 2.65 bits per heavy atom. The van der Waals surface area contributed by atoms with Crippen LogP contribution in [0.25, 0.3) is 0 Å². The largest absolute Gasteiger partial charge is 0.481 e. The minimum atomic E-state index is -0.920. The van der Waals surface area contributed by atoms with Crippen molar-refractivity contribution in [1.82, 2.24) is 0 Å². The van der Waals surface area contributed by atoms with Gasteiger partial charge in [-0.1, -0.05) is 29.8 Å². The second-order valence-corrected chi connectivity index (χ2v) is 5.16. The Bertz CT molecular complexity index is 640. The van der Waals surface area contributed by atoms with Gasteiger partial charge >= 0.3 is 5.97 Å². The Balaban J connectivity index is 2.33. The smallest absolute Gasteiger partial charge is 0.311 e. The van der Waals surface area contributed by atoms with Gasteiger partial charge in [0.25, 0.3) is 0 Å². The minimum absolute atomic E-state index is 0.307. The molecule has 104 valence electrons. The van der Waals surface area contributed by atoms with Gasteiger partial charge in [-0.3, -0.25) is 4.79 Å². The highest BCUT2D eigenvalue weighted by Gasteiger charge is 2.21. The molecule has 2 aromatic rings. The second-order valence-electron chi connectivity index (χ2n) is 4.72. The SMILES string of the molecule is Cc1cc(F)ccc1CC(C(=O)O)c1cccc(Cl)c1. The number of aryl methyl sites for hydroxylation is 1. The summed E-state index contributed by atoms with van der Waals surface area (Å²) in [5.74, 6) is -1.94. The third-order valence-electron chi connectivity index (χ3n) is 3.28. The minimum Gasteiger partial charge on any atom is -0.481 e. The van der Waals surface area contributed by atoms with E-state index in [0.29, 0.717) is 17.0 Å². The van der Waals surface area contributed by atoms with Crippen LogP contribution in [0.15, 0.2) is 42.5 Å². The molecule has 0 heterocycles. The van der Waals surface area contributed by atoms with E-state index < -0.39 is 11.9 Å². The van der Waals surface area contributed by atoms with Crippen molar-refractivity contribution in [2.45, 2.75) is 19.3 Å². The zero-order valence-electron chi connectivity index (χ0n) is 10.9. The van der Waals surface area contributed by atoms with E-state index in [1.807, 2.05) is 0 Å². The number of halogens is 2. The summed E-state index contributed by atoms with van der Waals surface area (Å²) in [7, 11) is 0. The van der Waals surface area contributed by atoms with Crippen LogP contribution in [-0.4, -0.2) is 11.1 Å². The predicted molar refractivity (Wildman–Crippen MR) is 76.7 cm³/mol.